The minimum absolute atomic E-state index is 0.116. The van der Waals surface area contributed by atoms with Gasteiger partial charge < -0.3 is 0 Å². The standard InChI is InChI=1S/C16H21N3O3S/c1-5-18(6-2)23(21,22)15-12(3)17-19(13(15)4)16(20)14-10-8-7-9-11-14/h7-11H,5-6H2,1-4H3. The number of rotatable bonds is 5. The molecule has 0 aliphatic heterocycles. The molecule has 0 aliphatic rings. The predicted molar refractivity (Wildman–Crippen MR) is 88.0 cm³/mol. The fourth-order valence-corrected chi connectivity index (χ4v) is 4.41. The van der Waals surface area contributed by atoms with Gasteiger partial charge in [0.2, 0.25) is 10.0 Å². The van der Waals surface area contributed by atoms with E-state index in [-0.39, 0.29) is 10.8 Å². The highest BCUT2D eigenvalue weighted by molar-refractivity contribution is 7.89. The zero-order chi connectivity index (χ0) is 17.2. The second kappa shape index (κ2) is 6.64. The predicted octanol–water partition coefficient (Wildman–Crippen LogP) is 2.22. The molecule has 1 heterocycles. The fourth-order valence-electron chi connectivity index (χ4n) is 2.60. The molecule has 7 heteroatoms. The lowest BCUT2D eigenvalue weighted by Gasteiger charge is -2.18. The van der Waals surface area contributed by atoms with Gasteiger partial charge in [-0.2, -0.15) is 14.1 Å². The number of hydrogen-bond donors (Lipinski definition) is 0. The maximum atomic E-state index is 12.8. The van der Waals surface area contributed by atoms with Crippen LogP contribution in [0.5, 0.6) is 0 Å². The summed E-state index contributed by atoms with van der Waals surface area (Å²) < 4.78 is 28.1. The van der Waals surface area contributed by atoms with Crippen LogP contribution in [0.25, 0.3) is 0 Å². The first-order chi connectivity index (χ1) is 10.8. The number of nitrogens with zero attached hydrogens (tertiary/aromatic N) is 3. The Labute approximate surface area is 136 Å². The first kappa shape index (κ1) is 17.4. The van der Waals surface area contributed by atoms with Crippen molar-refractivity contribution in [2.45, 2.75) is 32.6 Å². The number of aromatic nitrogens is 2. The van der Waals surface area contributed by atoms with Crippen LogP contribution in [0.1, 0.15) is 35.6 Å². The molecule has 6 nitrogen and oxygen atoms in total. The maximum Gasteiger partial charge on any atom is 0.278 e. The molecule has 23 heavy (non-hydrogen) atoms. The van der Waals surface area contributed by atoms with E-state index in [0.29, 0.717) is 30.0 Å². The molecule has 0 amide bonds. The lowest BCUT2D eigenvalue weighted by molar-refractivity contribution is 0.0942. The van der Waals surface area contributed by atoms with Crippen LogP contribution < -0.4 is 0 Å². The van der Waals surface area contributed by atoms with Gasteiger partial charge in [0, 0.05) is 18.7 Å². The molecule has 0 N–H and O–H groups in total. The summed E-state index contributed by atoms with van der Waals surface area (Å²) in [6.07, 6.45) is 0. The van der Waals surface area contributed by atoms with Crippen LogP contribution >= 0.6 is 0 Å². The van der Waals surface area contributed by atoms with Crippen molar-refractivity contribution < 1.29 is 13.2 Å². The average Bonchev–Trinajstić information content (AvgIpc) is 2.83. The number of carbonyl (C=O) groups is 1. The van der Waals surface area contributed by atoms with Crippen LogP contribution in [0.15, 0.2) is 35.2 Å². The van der Waals surface area contributed by atoms with Crippen LogP contribution in [0.2, 0.25) is 0 Å². The highest BCUT2D eigenvalue weighted by Gasteiger charge is 2.30. The van der Waals surface area contributed by atoms with Crippen LogP contribution in [-0.2, 0) is 10.0 Å². The van der Waals surface area contributed by atoms with Gasteiger partial charge in [-0.1, -0.05) is 32.0 Å². The van der Waals surface area contributed by atoms with Crippen LogP contribution in [0, 0.1) is 13.8 Å². The smallest absolute Gasteiger partial charge is 0.267 e. The molecule has 0 spiro atoms. The SMILES string of the molecule is CCN(CC)S(=O)(=O)c1c(C)nn(C(=O)c2ccccc2)c1C. The van der Waals surface area contributed by atoms with Gasteiger partial charge in [-0.3, -0.25) is 4.79 Å². The van der Waals surface area contributed by atoms with E-state index < -0.39 is 10.0 Å². The normalized spacial score (nSPS) is 11.9. The highest BCUT2D eigenvalue weighted by Crippen LogP contribution is 2.24. The van der Waals surface area contributed by atoms with Gasteiger partial charge in [-0.25, -0.2) is 8.42 Å². The second-order valence-corrected chi connectivity index (χ2v) is 7.05. The molecule has 0 saturated heterocycles. The Balaban J connectivity index is 2.55. The Morgan fingerprint density at radius 1 is 1.13 bits per heavy atom. The quantitative estimate of drug-likeness (QED) is 0.840. The lowest BCUT2D eigenvalue weighted by atomic mass is 10.2. The van der Waals surface area contributed by atoms with Crippen molar-refractivity contribution in [3.05, 3.63) is 47.3 Å². The van der Waals surface area contributed by atoms with Crippen molar-refractivity contribution in [2.75, 3.05) is 13.1 Å². The summed E-state index contributed by atoms with van der Waals surface area (Å²) in [5.41, 5.74) is 1.13. The zero-order valence-electron chi connectivity index (χ0n) is 13.8. The Kier molecular flexibility index (Phi) is 5.01. The summed E-state index contributed by atoms with van der Waals surface area (Å²) in [5.74, 6) is -0.341. The molecule has 0 saturated carbocycles. The number of sulfonamides is 1. The molecule has 0 unspecified atom stereocenters. The van der Waals surface area contributed by atoms with Crippen LogP contribution in [0.3, 0.4) is 0 Å². The van der Waals surface area contributed by atoms with Gasteiger partial charge in [-0.15, -0.1) is 0 Å². The van der Waals surface area contributed by atoms with E-state index >= 15 is 0 Å². The lowest BCUT2D eigenvalue weighted by Crippen LogP contribution is -2.31. The summed E-state index contributed by atoms with van der Waals surface area (Å²) in [5, 5.41) is 4.17. The second-order valence-electron chi connectivity index (χ2n) is 5.17. The topological polar surface area (TPSA) is 72.3 Å². The molecule has 0 fully saturated rings. The molecular formula is C16H21N3O3S. The summed E-state index contributed by atoms with van der Waals surface area (Å²) >= 11 is 0. The summed E-state index contributed by atoms with van der Waals surface area (Å²) in [6.45, 7) is 7.52. The van der Waals surface area contributed by atoms with Crippen molar-refractivity contribution in [1.82, 2.24) is 14.1 Å². The molecule has 1 aromatic carbocycles. The largest absolute Gasteiger partial charge is 0.278 e. The Bertz CT molecular complexity index is 807. The minimum atomic E-state index is -3.66. The number of aryl methyl sites for hydroxylation is 1. The Morgan fingerprint density at radius 2 is 1.70 bits per heavy atom. The van der Waals surface area contributed by atoms with Crippen LogP contribution in [0.4, 0.5) is 0 Å². The van der Waals surface area contributed by atoms with Crippen LogP contribution in [-0.4, -0.2) is 41.5 Å². The number of benzene rings is 1. The molecule has 0 bridgehead atoms. The third-order valence-electron chi connectivity index (χ3n) is 3.74. The third kappa shape index (κ3) is 3.07. The van der Waals surface area contributed by atoms with E-state index in [1.54, 1.807) is 52.0 Å². The molecule has 2 aromatic rings. The van der Waals surface area contributed by atoms with Crippen molar-refractivity contribution in [3.63, 3.8) is 0 Å². The highest BCUT2D eigenvalue weighted by atomic mass is 32.2. The van der Waals surface area contributed by atoms with Crippen molar-refractivity contribution in [2.24, 2.45) is 0 Å². The Morgan fingerprint density at radius 3 is 2.22 bits per heavy atom. The van der Waals surface area contributed by atoms with E-state index in [4.69, 9.17) is 0 Å². The molecule has 0 aliphatic carbocycles. The van der Waals surface area contributed by atoms with Gasteiger partial charge in [-0.05, 0) is 26.0 Å². The third-order valence-corrected chi connectivity index (χ3v) is 6.04. The molecule has 0 radical (unpaired) electrons. The minimum Gasteiger partial charge on any atom is -0.267 e. The average molecular weight is 335 g/mol. The summed E-state index contributed by atoms with van der Waals surface area (Å²) in [6, 6.07) is 8.68. The maximum absolute atomic E-state index is 12.8. The van der Waals surface area contributed by atoms with E-state index in [9.17, 15) is 13.2 Å². The zero-order valence-corrected chi connectivity index (χ0v) is 14.6. The first-order valence-corrected chi connectivity index (χ1v) is 8.94. The Hall–Kier alpha value is -1.99. The molecule has 0 atom stereocenters. The summed E-state index contributed by atoms with van der Waals surface area (Å²) in [7, 11) is -3.66. The van der Waals surface area contributed by atoms with Crippen molar-refractivity contribution >= 4 is 15.9 Å². The molecular weight excluding hydrogens is 314 g/mol. The van der Waals surface area contributed by atoms with Gasteiger partial charge in [0.15, 0.2) is 0 Å². The van der Waals surface area contributed by atoms with Gasteiger partial charge in [0.1, 0.15) is 4.90 Å². The van der Waals surface area contributed by atoms with Crippen molar-refractivity contribution in [1.29, 1.82) is 0 Å². The molecule has 2 rings (SSSR count). The van der Waals surface area contributed by atoms with Crippen molar-refractivity contribution in [3.8, 4) is 0 Å². The number of carbonyl (C=O) groups excluding carboxylic acids is 1. The fraction of sp³-hybridized carbons (Fsp3) is 0.375. The van der Waals surface area contributed by atoms with E-state index in [1.807, 2.05) is 6.07 Å². The van der Waals surface area contributed by atoms with E-state index in [1.165, 1.54) is 8.99 Å². The summed E-state index contributed by atoms with van der Waals surface area (Å²) in [4.78, 5) is 12.7. The van der Waals surface area contributed by atoms with E-state index in [0.717, 1.165) is 0 Å². The molecule has 124 valence electrons. The number of hydrogen-bond acceptors (Lipinski definition) is 4. The van der Waals surface area contributed by atoms with Gasteiger partial charge in [0.05, 0.1) is 11.4 Å². The monoisotopic (exact) mass is 335 g/mol. The first-order valence-electron chi connectivity index (χ1n) is 7.50. The van der Waals surface area contributed by atoms with Gasteiger partial charge in [0.25, 0.3) is 5.91 Å². The molecule has 1 aromatic heterocycles. The van der Waals surface area contributed by atoms with Gasteiger partial charge >= 0.3 is 0 Å². The van der Waals surface area contributed by atoms with E-state index in [2.05, 4.69) is 5.10 Å².